The number of hydrogen-bond donors (Lipinski definition) is 1. The molecule has 21 heavy (non-hydrogen) atoms. The Labute approximate surface area is 126 Å². The molecule has 3 rings (SSSR count). The summed E-state index contributed by atoms with van der Waals surface area (Å²) in [6.07, 6.45) is 4.31. The fraction of sp³-hybridized carbons (Fsp3) is 0.471. The van der Waals surface area contributed by atoms with Crippen molar-refractivity contribution in [3.63, 3.8) is 0 Å². The molecule has 0 bridgehead atoms. The van der Waals surface area contributed by atoms with Crippen LogP contribution in [0, 0.1) is 5.92 Å². The van der Waals surface area contributed by atoms with E-state index < -0.39 is 0 Å². The van der Waals surface area contributed by atoms with E-state index in [1.54, 1.807) is 0 Å². The summed E-state index contributed by atoms with van der Waals surface area (Å²) in [6, 6.07) is 12.8. The molecule has 1 aliphatic rings. The molecular weight excluding hydrogens is 262 g/mol. The highest BCUT2D eigenvalue weighted by Gasteiger charge is 2.35. The second-order valence-corrected chi connectivity index (χ2v) is 5.92. The second-order valence-electron chi connectivity index (χ2n) is 5.92. The van der Waals surface area contributed by atoms with Gasteiger partial charge in [0.05, 0.1) is 12.3 Å². The normalized spacial score (nSPS) is 16.3. The van der Waals surface area contributed by atoms with E-state index >= 15 is 0 Å². The highest BCUT2D eigenvalue weighted by atomic mass is 16.3. The van der Waals surface area contributed by atoms with Crippen molar-refractivity contribution >= 4 is 0 Å². The molecule has 1 aromatic heterocycles. The van der Waals surface area contributed by atoms with Crippen LogP contribution in [0.3, 0.4) is 0 Å². The summed E-state index contributed by atoms with van der Waals surface area (Å²) < 4.78 is 1.92. The summed E-state index contributed by atoms with van der Waals surface area (Å²) in [7, 11) is 1.97. The molecule has 0 radical (unpaired) electrons. The van der Waals surface area contributed by atoms with Crippen molar-refractivity contribution in [3.8, 4) is 0 Å². The minimum atomic E-state index is 0.231. The van der Waals surface area contributed by atoms with Crippen LogP contribution in [0.2, 0.25) is 0 Å². The highest BCUT2D eigenvalue weighted by molar-refractivity contribution is 5.15. The third-order valence-corrected chi connectivity index (χ3v) is 4.34. The van der Waals surface area contributed by atoms with E-state index in [1.165, 1.54) is 24.1 Å². The summed E-state index contributed by atoms with van der Waals surface area (Å²) in [4.78, 5) is 2.39. The van der Waals surface area contributed by atoms with Crippen LogP contribution in [0.25, 0.3) is 0 Å². The van der Waals surface area contributed by atoms with Gasteiger partial charge < -0.3 is 5.11 Å². The third kappa shape index (κ3) is 3.52. The van der Waals surface area contributed by atoms with E-state index in [4.69, 9.17) is 0 Å². The SMILES string of the molecule is Cn1nccc1CN(Cc1ccccc1)C(CO)C1CC1. The van der Waals surface area contributed by atoms with Gasteiger partial charge in [0.2, 0.25) is 0 Å². The topological polar surface area (TPSA) is 41.3 Å². The average molecular weight is 285 g/mol. The zero-order valence-electron chi connectivity index (χ0n) is 12.5. The first-order chi connectivity index (χ1) is 10.3. The molecule has 1 atom stereocenters. The second kappa shape index (κ2) is 6.41. The number of aliphatic hydroxyl groups excluding tert-OH is 1. The van der Waals surface area contributed by atoms with E-state index in [2.05, 4.69) is 40.3 Å². The molecular formula is C17H23N3O. The number of aromatic nitrogens is 2. The maximum atomic E-state index is 9.82. The molecule has 4 heteroatoms. The summed E-state index contributed by atoms with van der Waals surface area (Å²) >= 11 is 0. The lowest BCUT2D eigenvalue weighted by Gasteiger charge is -2.30. The van der Waals surface area contributed by atoms with Crippen molar-refractivity contribution in [2.24, 2.45) is 13.0 Å². The van der Waals surface area contributed by atoms with Gasteiger partial charge in [-0.3, -0.25) is 9.58 Å². The molecule has 0 spiro atoms. The van der Waals surface area contributed by atoms with Crippen molar-refractivity contribution < 1.29 is 5.11 Å². The largest absolute Gasteiger partial charge is 0.395 e. The molecule has 1 heterocycles. The van der Waals surface area contributed by atoms with Gasteiger partial charge in [-0.1, -0.05) is 30.3 Å². The van der Waals surface area contributed by atoms with Gasteiger partial charge in [-0.25, -0.2) is 0 Å². The predicted octanol–water partition coefficient (Wildman–Crippen LogP) is 2.19. The predicted molar refractivity (Wildman–Crippen MR) is 82.5 cm³/mol. The number of benzene rings is 1. The Morgan fingerprint density at radius 2 is 2.00 bits per heavy atom. The van der Waals surface area contributed by atoms with Gasteiger partial charge in [0.1, 0.15) is 0 Å². The molecule has 4 nitrogen and oxygen atoms in total. The Bertz CT molecular complexity index is 562. The fourth-order valence-electron chi connectivity index (χ4n) is 2.92. The third-order valence-electron chi connectivity index (χ3n) is 4.34. The first-order valence-electron chi connectivity index (χ1n) is 7.63. The average Bonchev–Trinajstić information content (AvgIpc) is 3.25. The van der Waals surface area contributed by atoms with Crippen LogP contribution < -0.4 is 0 Å². The summed E-state index contributed by atoms with van der Waals surface area (Å²) in [6.45, 7) is 1.93. The van der Waals surface area contributed by atoms with Crippen LogP contribution in [0.4, 0.5) is 0 Å². The molecule has 0 amide bonds. The molecule has 1 aliphatic carbocycles. The molecule has 112 valence electrons. The van der Waals surface area contributed by atoms with Crippen LogP contribution in [0.15, 0.2) is 42.6 Å². The molecule has 1 unspecified atom stereocenters. The molecule has 1 saturated carbocycles. The minimum absolute atomic E-state index is 0.231. The standard InChI is InChI=1S/C17H23N3O/c1-19-16(9-10-18-19)12-20(17(13-21)15-7-8-15)11-14-5-3-2-4-6-14/h2-6,9-10,15,17,21H,7-8,11-13H2,1H3. The van der Waals surface area contributed by atoms with Crippen LogP contribution >= 0.6 is 0 Å². The Morgan fingerprint density at radius 3 is 2.57 bits per heavy atom. The summed E-state index contributed by atoms with van der Waals surface area (Å²) in [5.41, 5.74) is 2.48. The Hall–Kier alpha value is -1.65. The van der Waals surface area contributed by atoms with Crippen molar-refractivity contribution in [1.29, 1.82) is 0 Å². The van der Waals surface area contributed by atoms with Gasteiger partial charge in [0.15, 0.2) is 0 Å². The van der Waals surface area contributed by atoms with Gasteiger partial charge in [-0.05, 0) is 30.4 Å². The van der Waals surface area contributed by atoms with Crippen molar-refractivity contribution in [2.45, 2.75) is 32.0 Å². The zero-order valence-corrected chi connectivity index (χ0v) is 12.5. The maximum Gasteiger partial charge on any atom is 0.0589 e. The minimum Gasteiger partial charge on any atom is -0.395 e. The van der Waals surface area contributed by atoms with Gasteiger partial charge in [0.25, 0.3) is 0 Å². The Balaban J connectivity index is 1.78. The molecule has 1 fully saturated rings. The first kappa shape index (κ1) is 14.3. The van der Waals surface area contributed by atoms with Crippen molar-refractivity contribution in [3.05, 3.63) is 53.9 Å². The van der Waals surface area contributed by atoms with Gasteiger partial charge in [-0.15, -0.1) is 0 Å². The number of rotatable bonds is 7. The zero-order chi connectivity index (χ0) is 14.7. The number of nitrogens with zero attached hydrogens (tertiary/aromatic N) is 3. The van der Waals surface area contributed by atoms with E-state index in [1.807, 2.05) is 24.0 Å². The van der Waals surface area contributed by atoms with Gasteiger partial charge in [0, 0.05) is 32.4 Å². The number of aryl methyl sites for hydroxylation is 1. The summed E-state index contributed by atoms with van der Waals surface area (Å²) in [5.74, 6) is 0.645. The van der Waals surface area contributed by atoms with Crippen LogP contribution in [0.1, 0.15) is 24.1 Å². The maximum absolute atomic E-state index is 9.82. The lowest BCUT2D eigenvalue weighted by atomic mass is 10.1. The molecule has 1 aromatic carbocycles. The van der Waals surface area contributed by atoms with E-state index in [9.17, 15) is 5.11 Å². The lowest BCUT2D eigenvalue weighted by Crippen LogP contribution is -2.39. The lowest BCUT2D eigenvalue weighted by molar-refractivity contribution is 0.0923. The van der Waals surface area contributed by atoms with E-state index in [0.717, 1.165) is 13.1 Å². The molecule has 0 aliphatic heterocycles. The summed E-state index contributed by atoms with van der Waals surface area (Å²) in [5, 5.41) is 14.1. The van der Waals surface area contributed by atoms with Crippen LogP contribution in [0.5, 0.6) is 0 Å². The molecule has 2 aromatic rings. The van der Waals surface area contributed by atoms with E-state index in [-0.39, 0.29) is 12.6 Å². The monoisotopic (exact) mass is 285 g/mol. The van der Waals surface area contributed by atoms with E-state index in [0.29, 0.717) is 5.92 Å². The quantitative estimate of drug-likeness (QED) is 0.848. The van der Waals surface area contributed by atoms with Crippen molar-refractivity contribution in [2.75, 3.05) is 6.61 Å². The Morgan fingerprint density at radius 1 is 1.24 bits per heavy atom. The van der Waals surface area contributed by atoms with Crippen molar-refractivity contribution in [1.82, 2.24) is 14.7 Å². The fourth-order valence-corrected chi connectivity index (χ4v) is 2.92. The first-order valence-corrected chi connectivity index (χ1v) is 7.63. The van der Waals surface area contributed by atoms with Crippen LogP contribution in [-0.2, 0) is 20.1 Å². The number of aliphatic hydroxyl groups is 1. The van der Waals surface area contributed by atoms with Gasteiger partial charge in [-0.2, -0.15) is 5.10 Å². The van der Waals surface area contributed by atoms with Crippen LogP contribution in [-0.4, -0.2) is 32.4 Å². The highest BCUT2D eigenvalue weighted by Crippen LogP contribution is 2.36. The smallest absolute Gasteiger partial charge is 0.0589 e. The molecule has 1 N–H and O–H groups in total. The van der Waals surface area contributed by atoms with Gasteiger partial charge >= 0.3 is 0 Å². The molecule has 0 saturated heterocycles. The number of hydrogen-bond acceptors (Lipinski definition) is 3. The Kier molecular flexibility index (Phi) is 4.36.